The molecule has 0 heterocycles. The maximum atomic E-state index is 6.32. The zero-order chi connectivity index (χ0) is 23.0. The highest BCUT2D eigenvalue weighted by atomic mass is 28.3. The van der Waals surface area contributed by atoms with Gasteiger partial charge in [-0.2, -0.15) is 0 Å². The van der Waals surface area contributed by atoms with Gasteiger partial charge in [0, 0.05) is 6.61 Å². The summed E-state index contributed by atoms with van der Waals surface area (Å²) < 4.78 is 12.2. The molecule has 1 aromatic carbocycles. The molecule has 1 atom stereocenters. The molecule has 2 nitrogen and oxygen atoms in total. The van der Waals surface area contributed by atoms with Crippen molar-refractivity contribution >= 4 is 9.04 Å². The van der Waals surface area contributed by atoms with Gasteiger partial charge in [0.25, 0.3) is 0 Å². The fraction of sp³-hybridized carbons (Fsp3) is 0.786. The van der Waals surface area contributed by atoms with Gasteiger partial charge >= 0.3 is 0 Å². The van der Waals surface area contributed by atoms with Gasteiger partial charge in [-0.1, -0.05) is 116 Å². The summed E-state index contributed by atoms with van der Waals surface area (Å²) >= 11 is 0. The number of benzene rings is 1. The van der Waals surface area contributed by atoms with Crippen molar-refractivity contribution in [1.29, 1.82) is 0 Å². The van der Waals surface area contributed by atoms with E-state index in [1.54, 1.807) is 0 Å². The monoisotopic (exact) mass is 448 g/mol. The smallest absolute Gasteiger partial charge is 0.171 e. The largest absolute Gasteiger partial charge is 0.417 e. The number of rotatable bonds is 18. The van der Waals surface area contributed by atoms with Crippen LogP contribution in [0.5, 0.6) is 0 Å². The number of unbranched alkanes of at least 4 members (excludes halogenated alkanes) is 10. The van der Waals surface area contributed by atoms with Crippen molar-refractivity contribution in [2.75, 3.05) is 6.61 Å². The fourth-order valence-electron chi connectivity index (χ4n) is 3.93. The first kappa shape index (κ1) is 28.4. The second-order valence-electron chi connectivity index (χ2n) is 10.6. The molecule has 0 saturated carbocycles. The lowest BCUT2D eigenvalue weighted by Crippen LogP contribution is -2.35. The van der Waals surface area contributed by atoms with Gasteiger partial charge in [-0.05, 0) is 42.5 Å². The van der Waals surface area contributed by atoms with Crippen molar-refractivity contribution in [2.45, 2.75) is 131 Å². The third-order valence-electron chi connectivity index (χ3n) is 6.01. The summed E-state index contributed by atoms with van der Waals surface area (Å²) in [6.45, 7) is 15.3. The van der Waals surface area contributed by atoms with Gasteiger partial charge in [-0.3, -0.25) is 0 Å². The summed E-state index contributed by atoms with van der Waals surface area (Å²) in [7, 11) is -1.04. The van der Waals surface area contributed by atoms with E-state index in [2.05, 4.69) is 65.1 Å². The molecule has 180 valence electrons. The summed E-state index contributed by atoms with van der Waals surface area (Å²) in [6, 6.07) is 8.96. The summed E-state index contributed by atoms with van der Waals surface area (Å²) in [4.78, 5) is 0. The Morgan fingerprint density at radius 3 is 1.71 bits per heavy atom. The van der Waals surface area contributed by atoms with Crippen LogP contribution in [0.4, 0.5) is 0 Å². The van der Waals surface area contributed by atoms with E-state index in [0.29, 0.717) is 6.10 Å². The Kier molecular flexibility index (Phi) is 15.5. The van der Waals surface area contributed by atoms with Crippen molar-refractivity contribution in [2.24, 2.45) is 5.41 Å². The Bertz CT molecular complexity index is 533. The minimum Gasteiger partial charge on any atom is -0.417 e. The van der Waals surface area contributed by atoms with Gasteiger partial charge in [0.1, 0.15) is 0 Å². The van der Waals surface area contributed by atoms with Crippen LogP contribution < -0.4 is 0 Å². The summed E-state index contributed by atoms with van der Waals surface area (Å²) in [6.07, 6.45) is 16.5. The van der Waals surface area contributed by atoms with Gasteiger partial charge in [-0.15, -0.1) is 0 Å². The lowest BCUT2D eigenvalue weighted by molar-refractivity contribution is 0.0867. The minimum atomic E-state index is -1.04. The molecule has 0 fully saturated rings. The van der Waals surface area contributed by atoms with E-state index < -0.39 is 9.04 Å². The summed E-state index contributed by atoms with van der Waals surface area (Å²) in [5.41, 5.74) is 2.82. The van der Waals surface area contributed by atoms with Crippen LogP contribution in [0.25, 0.3) is 0 Å². The van der Waals surface area contributed by atoms with E-state index >= 15 is 0 Å². The van der Waals surface area contributed by atoms with E-state index in [1.807, 2.05) is 0 Å². The zero-order valence-electron chi connectivity index (χ0n) is 21.7. The number of ether oxygens (including phenoxy) is 1. The molecule has 0 aliphatic rings. The molecule has 31 heavy (non-hydrogen) atoms. The van der Waals surface area contributed by atoms with Crippen molar-refractivity contribution < 1.29 is 9.16 Å². The van der Waals surface area contributed by atoms with Crippen LogP contribution >= 0.6 is 0 Å². The van der Waals surface area contributed by atoms with E-state index in [1.165, 1.54) is 81.8 Å². The first-order chi connectivity index (χ1) is 14.8. The van der Waals surface area contributed by atoms with E-state index in [0.717, 1.165) is 19.6 Å². The van der Waals surface area contributed by atoms with Crippen LogP contribution in [0, 0.1) is 5.41 Å². The SMILES string of the molecule is CCCCCCCCCCCCCOCc1ccc(CC(O[SiH](C)C)C(C)(C)C)cc1. The predicted octanol–water partition coefficient (Wildman–Crippen LogP) is 8.47. The molecule has 0 bridgehead atoms. The fourth-order valence-corrected chi connectivity index (χ4v) is 5.09. The first-order valence-corrected chi connectivity index (χ1v) is 15.9. The van der Waals surface area contributed by atoms with Crippen LogP contribution in [0.1, 0.15) is 109 Å². The quantitative estimate of drug-likeness (QED) is 0.165. The molecular weight excluding hydrogens is 396 g/mol. The topological polar surface area (TPSA) is 18.5 Å². The van der Waals surface area contributed by atoms with Crippen LogP contribution in [0.15, 0.2) is 24.3 Å². The maximum absolute atomic E-state index is 6.32. The first-order valence-electron chi connectivity index (χ1n) is 13.1. The highest BCUT2D eigenvalue weighted by molar-refractivity contribution is 6.48. The normalized spacial score (nSPS) is 13.1. The van der Waals surface area contributed by atoms with E-state index in [4.69, 9.17) is 9.16 Å². The van der Waals surface area contributed by atoms with Gasteiger partial charge in [0.2, 0.25) is 0 Å². The molecule has 0 aliphatic carbocycles. The standard InChI is InChI=1S/C28H52O2Si/c1-7-8-9-10-11-12-13-14-15-16-17-22-29-24-26-20-18-25(19-21-26)23-27(28(2,3)4)30-31(5)6/h18-21,27,31H,7-17,22-24H2,1-6H3. The average molecular weight is 449 g/mol. The molecule has 0 aromatic heterocycles. The van der Waals surface area contributed by atoms with E-state index in [-0.39, 0.29) is 5.41 Å². The zero-order valence-corrected chi connectivity index (χ0v) is 22.8. The lowest BCUT2D eigenvalue weighted by atomic mass is 9.85. The highest BCUT2D eigenvalue weighted by Crippen LogP contribution is 2.26. The molecule has 1 rings (SSSR count). The van der Waals surface area contributed by atoms with Crippen molar-refractivity contribution in [3.05, 3.63) is 35.4 Å². The Balaban J connectivity index is 2.12. The van der Waals surface area contributed by atoms with Crippen molar-refractivity contribution in [3.8, 4) is 0 Å². The number of hydrogen-bond acceptors (Lipinski definition) is 2. The Morgan fingerprint density at radius 1 is 0.742 bits per heavy atom. The molecule has 3 heteroatoms. The molecule has 0 saturated heterocycles. The highest BCUT2D eigenvalue weighted by Gasteiger charge is 2.26. The molecule has 0 aliphatic heterocycles. The average Bonchev–Trinajstić information content (AvgIpc) is 2.71. The Morgan fingerprint density at radius 2 is 1.23 bits per heavy atom. The van der Waals surface area contributed by atoms with Crippen LogP contribution in [0.2, 0.25) is 13.1 Å². The predicted molar refractivity (Wildman–Crippen MR) is 139 cm³/mol. The minimum absolute atomic E-state index is 0.174. The molecule has 0 N–H and O–H groups in total. The molecule has 0 spiro atoms. The summed E-state index contributed by atoms with van der Waals surface area (Å²) in [5, 5.41) is 0. The third-order valence-corrected chi connectivity index (χ3v) is 6.88. The molecule has 0 radical (unpaired) electrons. The molecule has 1 aromatic rings. The van der Waals surface area contributed by atoms with E-state index in [9.17, 15) is 0 Å². The van der Waals surface area contributed by atoms with Gasteiger partial charge in [0.05, 0.1) is 12.7 Å². The molecule has 1 unspecified atom stereocenters. The third kappa shape index (κ3) is 14.9. The lowest BCUT2D eigenvalue weighted by Gasteiger charge is -2.32. The van der Waals surface area contributed by atoms with Crippen molar-refractivity contribution in [1.82, 2.24) is 0 Å². The van der Waals surface area contributed by atoms with Gasteiger partial charge in [0.15, 0.2) is 9.04 Å². The Labute approximate surface area is 196 Å². The summed E-state index contributed by atoms with van der Waals surface area (Å²) in [5.74, 6) is 0. The van der Waals surface area contributed by atoms with Gasteiger partial charge in [-0.25, -0.2) is 0 Å². The number of hydrogen-bond donors (Lipinski definition) is 0. The molecule has 0 amide bonds. The van der Waals surface area contributed by atoms with Gasteiger partial charge < -0.3 is 9.16 Å². The van der Waals surface area contributed by atoms with Crippen LogP contribution in [-0.2, 0) is 22.2 Å². The van der Waals surface area contributed by atoms with Crippen LogP contribution in [-0.4, -0.2) is 21.8 Å². The second-order valence-corrected chi connectivity index (χ2v) is 13.0. The second kappa shape index (κ2) is 16.9. The van der Waals surface area contributed by atoms with Crippen molar-refractivity contribution in [3.63, 3.8) is 0 Å². The Hall–Kier alpha value is -0.643. The van der Waals surface area contributed by atoms with Crippen LogP contribution in [0.3, 0.4) is 0 Å². The molecular formula is C28H52O2Si. The maximum Gasteiger partial charge on any atom is 0.171 e.